The van der Waals surface area contributed by atoms with Crippen LogP contribution in [0.3, 0.4) is 0 Å². The van der Waals surface area contributed by atoms with E-state index in [1.165, 1.54) is 0 Å². The summed E-state index contributed by atoms with van der Waals surface area (Å²) in [5.74, 6) is 0. The van der Waals surface area contributed by atoms with Crippen LogP contribution < -0.4 is 5.32 Å². The number of nitrogens with zero attached hydrogens (tertiary/aromatic N) is 1. The van der Waals surface area contributed by atoms with Gasteiger partial charge in [-0.15, -0.1) is 0 Å². The van der Waals surface area contributed by atoms with Gasteiger partial charge in [0.1, 0.15) is 6.67 Å². The molecule has 2 nitrogen and oxygen atoms in total. The van der Waals surface area contributed by atoms with Gasteiger partial charge < -0.3 is 5.32 Å². The molecular weight excluding hydrogens is 262 g/mol. The van der Waals surface area contributed by atoms with E-state index in [4.69, 9.17) is 23.2 Å². The van der Waals surface area contributed by atoms with Crippen LogP contribution in [0, 0.1) is 0 Å². The zero-order valence-corrected chi connectivity index (χ0v) is 10.9. The first-order chi connectivity index (χ1) is 8.20. The van der Waals surface area contributed by atoms with E-state index in [0.29, 0.717) is 10.0 Å². The summed E-state index contributed by atoms with van der Waals surface area (Å²) in [6.45, 7) is 3.06. The van der Waals surface area contributed by atoms with Crippen molar-refractivity contribution in [3.63, 3.8) is 0 Å². The number of piperazine rings is 1. The van der Waals surface area contributed by atoms with Gasteiger partial charge in [-0.3, -0.25) is 4.90 Å². The van der Waals surface area contributed by atoms with Crippen LogP contribution in [0.15, 0.2) is 18.2 Å². The van der Waals surface area contributed by atoms with Gasteiger partial charge in [0.05, 0.1) is 6.04 Å². The monoisotopic (exact) mass is 276 g/mol. The van der Waals surface area contributed by atoms with Crippen molar-refractivity contribution >= 4 is 23.2 Å². The molecular formula is C12H15Cl2FN2. The maximum Gasteiger partial charge on any atom is 0.109 e. The third-order valence-electron chi connectivity index (χ3n) is 3.01. The molecule has 1 N–H and O–H groups in total. The van der Waals surface area contributed by atoms with Crippen molar-refractivity contribution in [2.75, 3.05) is 32.9 Å². The highest BCUT2D eigenvalue weighted by molar-refractivity contribution is 6.34. The van der Waals surface area contributed by atoms with Gasteiger partial charge in [0.2, 0.25) is 0 Å². The summed E-state index contributed by atoms with van der Waals surface area (Å²) in [5, 5.41) is 4.36. The standard InChI is InChI=1S/C12H15Cl2FN2/c13-10-5-9(6-11(14)7-10)12(8-15)17-3-1-16-2-4-17/h5-7,12,16H,1-4,8H2/t12-/m0/s1. The van der Waals surface area contributed by atoms with E-state index in [2.05, 4.69) is 10.2 Å². The van der Waals surface area contributed by atoms with Gasteiger partial charge in [0.15, 0.2) is 0 Å². The number of rotatable bonds is 3. The van der Waals surface area contributed by atoms with Gasteiger partial charge in [-0.2, -0.15) is 0 Å². The second kappa shape index (κ2) is 6.01. The van der Waals surface area contributed by atoms with Crippen LogP contribution in [-0.2, 0) is 0 Å². The Balaban J connectivity index is 2.21. The molecule has 1 aromatic rings. The molecule has 0 bridgehead atoms. The Kier molecular flexibility index (Phi) is 4.62. The molecule has 1 saturated heterocycles. The topological polar surface area (TPSA) is 15.3 Å². The van der Waals surface area contributed by atoms with Crippen LogP contribution in [0.1, 0.15) is 11.6 Å². The largest absolute Gasteiger partial charge is 0.314 e. The summed E-state index contributed by atoms with van der Waals surface area (Å²) < 4.78 is 13.2. The summed E-state index contributed by atoms with van der Waals surface area (Å²) in [6, 6.07) is 5.01. The second-order valence-electron chi connectivity index (χ2n) is 4.16. The average molecular weight is 277 g/mol. The van der Waals surface area contributed by atoms with Gasteiger partial charge in [-0.25, -0.2) is 4.39 Å². The quantitative estimate of drug-likeness (QED) is 0.913. The minimum absolute atomic E-state index is 0.242. The van der Waals surface area contributed by atoms with Gasteiger partial charge in [-0.1, -0.05) is 23.2 Å². The lowest BCUT2D eigenvalue weighted by molar-refractivity contribution is 0.147. The van der Waals surface area contributed by atoms with Crippen LogP contribution in [0.4, 0.5) is 4.39 Å². The fourth-order valence-corrected chi connectivity index (χ4v) is 2.70. The number of halogens is 3. The number of nitrogens with one attached hydrogen (secondary N) is 1. The molecule has 0 unspecified atom stereocenters. The number of benzene rings is 1. The van der Waals surface area contributed by atoms with E-state index < -0.39 is 6.67 Å². The molecule has 94 valence electrons. The Morgan fingerprint density at radius 2 is 1.76 bits per heavy atom. The highest BCUT2D eigenvalue weighted by atomic mass is 35.5. The molecule has 1 aromatic carbocycles. The van der Waals surface area contributed by atoms with E-state index >= 15 is 0 Å². The second-order valence-corrected chi connectivity index (χ2v) is 5.03. The Morgan fingerprint density at radius 1 is 1.18 bits per heavy atom. The van der Waals surface area contributed by atoms with Crippen molar-refractivity contribution in [1.82, 2.24) is 10.2 Å². The average Bonchev–Trinajstić information content (AvgIpc) is 2.30. The molecule has 17 heavy (non-hydrogen) atoms. The molecule has 5 heteroatoms. The Labute approximate surface area is 111 Å². The lowest BCUT2D eigenvalue weighted by Gasteiger charge is -2.33. The summed E-state index contributed by atoms with van der Waals surface area (Å²) in [4.78, 5) is 2.12. The van der Waals surface area contributed by atoms with Crippen LogP contribution in [-0.4, -0.2) is 37.8 Å². The third-order valence-corrected chi connectivity index (χ3v) is 3.44. The van der Waals surface area contributed by atoms with Crippen LogP contribution in [0.25, 0.3) is 0 Å². The number of alkyl halides is 1. The van der Waals surface area contributed by atoms with Gasteiger partial charge in [0.25, 0.3) is 0 Å². The molecule has 1 atom stereocenters. The molecule has 1 aliphatic heterocycles. The molecule has 0 aromatic heterocycles. The van der Waals surface area contributed by atoms with E-state index in [1.807, 2.05) is 0 Å². The zero-order chi connectivity index (χ0) is 12.3. The molecule has 1 aliphatic rings. The molecule has 0 saturated carbocycles. The fourth-order valence-electron chi connectivity index (χ4n) is 2.16. The minimum Gasteiger partial charge on any atom is -0.314 e. The Hall–Kier alpha value is -0.350. The van der Waals surface area contributed by atoms with E-state index in [9.17, 15) is 4.39 Å². The highest BCUT2D eigenvalue weighted by Crippen LogP contribution is 2.27. The first kappa shape index (κ1) is 13.1. The van der Waals surface area contributed by atoms with Crippen molar-refractivity contribution in [2.45, 2.75) is 6.04 Å². The Morgan fingerprint density at radius 3 is 2.29 bits per heavy atom. The predicted molar refractivity (Wildman–Crippen MR) is 69.6 cm³/mol. The summed E-state index contributed by atoms with van der Waals surface area (Å²) in [5.41, 5.74) is 0.854. The minimum atomic E-state index is -0.420. The lowest BCUT2D eigenvalue weighted by Crippen LogP contribution is -2.45. The predicted octanol–water partition coefficient (Wildman–Crippen LogP) is 2.91. The van der Waals surface area contributed by atoms with E-state index in [0.717, 1.165) is 31.7 Å². The third kappa shape index (κ3) is 3.32. The molecule has 0 aliphatic carbocycles. The van der Waals surface area contributed by atoms with Crippen molar-refractivity contribution < 1.29 is 4.39 Å². The molecule has 0 spiro atoms. The fraction of sp³-hybridized carbons (Fsp3) is 0.500. The summed E-state index contributed by atoms with van der Waals surface area (Å²) in [7, 11) is 0. The first-order valence-corrected chi connectivity index (χ1v) is 6.43. The lowest BCUT2D eigenvalue weighted by atomic mass is 10.1. The van der Waals surface area contributed by atoms with Crippen LogP contribution in [0.5, 0.6) is 0 Å². The maximum absolute atomic E-state index is 13.2. The van der Waals surface area contributed by atoms with Gasteiger partial charge >= 0.3 is 0 Å². The molecule has 1 fully saturated rings. The first-order valence-electron chi connectivity index (χ1n) is 5.67. The molecule has 2 rings (SSSR count). The van der Waals surface area contributed by atoms with E-state index in [1.54, 1.807) is 18.2 Å². The summed E-state index contributed by atoms with van der Waals surface area (Å²) in [6.07, 6.45) is 0. The molecule has 1 heterocycles. The number of hydrogen-bond acceptors (Lipinski definition) is 2. The smallest absolute Gasteiger partial charge is 0.109 e. The van der Waals surface area contributed by atoms with E-state index in [-0.39, 0.29) is 6.04 Å². The number of hydrogen-bond donors (Lipinski definition) is 1. The van der Waals surface area contributed by atoms with Crippen molar-refractivity contribution in [1.29, 1.82) is 0 Å². The van der Waals surface area contributed by atoms with Crippen LogP contribution in [0.2, 0.25) is 10.0 Å². The van der Waals surface area contributed by atoms with Crippen molar-refractivity contribution in [3.8, 4) is 0 Å². The Bertz CT molecular complexity index is 361. The van der Waals surface area contributed by atoms with Crippen molar-refractivity contribution in [2.24, 2.45) is 0 Å². The summed E-state index contributed by atoms with van der Waals surface area (Å²) >= 11 is 11.9. The molecule has 0 radical (unpaired) electrons. The van der Waals surface area contributed by atoms with Gasteiger partial charge in [-0.05, 0) is 23.8 Å². The highest BCUT2D eigenvalue weighted by Gasteiger charge is 2.22. The zero-order valence-electron chi connectivity index (χ0n) is 9.43. The normalized spacial score (nSPS) is 19.2. The maximum atomic E-state index is 13.2. The van der Waals surface area contributed by atoms with Gasteiger partial charge in [0, 0.05) is 36.2 Å². The van der Waals surface area contributed by atoms with Crippen LogP contribution >= 0.6 is 23.2 Å². The SMILES string of the molecule is FC[C@@H](c1cc(Cl)cc(Cl)c1)N1CCNCC1. The molecule has 0 amide bonds. The van der Waals surface area contributed by atoms with Crippen molar-refractivity contribution in [3.05, 3.63) is 33.8 Å².